The van der Waals surface area contributed by atoms with Gasteiger partial charge in [0, 0.05) is 25.2 Å². The normalized spacial score (nSPS) is 13.6. The first-order chi connectivity index (χ1) is 8.91. The van der Waals surface area contributed by atoms with Gasteiger partial charge in [0.15, 0.2) is 0 Å². The van der Waals surface area contributed by atoms with Crippen molar-refractivity contribution in [2.75, 3.05) is 7.05 Å². The first kappa shape index (κ1) is 19.2. The molecule has 0 fully saturated rings. The molecule has 0 aliphatic heterocycles. The van der Waals surface area contributed by atoms with Crippen LogP contribution in [0, 0.1) is 11.3 Å². The molecule has 0 amide bonds. The van der Waals surface area contributed by atoms with Gasteiger partial charge in [-0.1, -0.05) is 13.8 Å². The van der Waals surface area contributed by atoms with Crippen LogP contribution in [0.2, 0.25) is 16.1 Å². The summed E-state index contributed by atoms with van der Waals surface area (Å²) in [7, 11) is 1.26. The van der Waals surface area contributed by atoms with Crippen molar-refractivity contribution in [1.82, 2.24) is 5.32 Å². The Morgan fingerprint density at radius 1 is 1.25 bits per heavy atom. The molecule has 0 saturated carbocycles. The molecule has 0 heterocycles. The van der Waals surface area contributed by atoms with Crippen LogP contribution in [0.15, 0.2) is 11.8 Å². The largest absolute Gasteiger partial charge is 0.394 e. The summed E-state index contributed by atoms with van der Waals surface area (Å²) < 4.78 is 0. The number of rotatable bonds is 7. The van der Waals surface area contributed by atoms with Gasteiger partial charge in [-0.15, -0.1) is 0 Å². The van der Waals surface area contributed by atoms with Crippen molar-refractivity contribution in [2.24, 2.45) is 11.7 Å². The van der Waals surface area contributed by atoms with E-state index in [-0.39, 0.29) is 10.9 Å². The molecule has 0 radical (unpaired) electrons. The lowest BCUT2D eigenvalue weighted by molar-refractivity contribution is 0.572. The van der Waals surface area contributed by atoms with Crippen molar-refractivity contribution in [1.29, 1.82) is 5.41 Å². The predicted molar refractivity (Wildman–Crippen MR) is 92.8 cm³/mol. The van der Waals surface area contributed by atoms with Gasteiger partial charge in [-0.25, -0.2) is 0 Å². The van der Waals surface area contributed by atoms with Crippen molar-refractivity contribution in [3.63, 3.8) is 0 Å². The molecule has 0 rings (SSSR count). The first-order valence-corrected chi connectivity index (χ1v) is 9.20. The molecule has 0 aliphatic carbocycles. The monoisotopic (exact) mass is 296 g/mol. The van der Waals surface area contributed by atoms with Crippen molar-refractivity contribution >= 4 is 14.6 Å². The second-order valence-electron chi connectivity index (χ2n) is 7.76. The topological polar surface area (TPSA) is 61.9 Å². The van der Waals surface area contributed by atoms with E-state index in [2.05, 4.69) is 53.8 Å². The maximum Gasteiger partial charge on any atom is 0.326 e. The highest BCUT2D eigenvalue weighted by molar-refractivity contribution is 6.65. The van der Waals surface area contributed by atoms with E-state index in [9.17, 15) is 0 Å². The first-order valence-electron chi connectivity index (χ1n) is 7.49. The van der Waals surface area contributed by atoms with Gasteiger partial charge in [-0.2, -0.15) is 0 Å². The van der Waals surface area contributed by atoms with Crippen LogP contribution >= 0.6 is 0 Å². The molecule has 4 heteroatoms. The average molecular weight is 297 g/mol. The molecule has 0 aromatic rings. The van der Waals surface area contributed by atoms with Gasteiger partial charge in [0.05, 0.1) is 16.1 Å². The van der Waals surface area contributed by atoms with Crippen molar-refractivity contribution in [3.8, 4) is 0 Å². The zero-order chi connectivity index (χ0) is 16.1. The second kappa shape index (κ2) is 7.30. The fraction of sp³-hybridized carbons (Fsp3) is 0.812. The Labute approximate surface area is 127 Å². The molecule has 0 unspecified atom stereocenters. The highest BCUT2D eigenvalue weighted by Crippen LogP contribution is 2.48. The number of hydrogen-bond acceptors (Lipinski definition) is 2. The maximum absolute atomic E-state index is 7.75. The van der Waals surface area contributed by atoms with Crippen LogP contribution in [0.5, 0.6) is 0 Å². The predicted octanol–water partition coefficient (Wildman–Crippen LogP) is 4.15. The van der Waals surface area contributed by atoms with E-state index >= 15 is 0 Å². The summed E-state index contributed by atoms with van der Waals surface area (Å²) in [4.78, 5) is 0. The van der Waals surface area contributed by atoms with Crippen LogP contribution in [-0.2, 0) is 0 Å². The van der Waals surface area contributed by atoms with E-state index < -0.39 is 8.80 Å². The SMILES string of the molecule is CN/C=C(/CC(C)(C)[Si+](CC(C)C)C(C)(C)C)C(=N)N. The summed E-state index contributed by atoms with van der Waals surface area (Å²) in [6.45, 7) is 16.4. The third-order valence-electron chi connectivity index (χ3n) is 3.63. The van der Waals surface area contributed by atoms with Gasteiger partial charge < -0.3 is 11.1 Å². The molecule has 116 valence electrons. The van der Waals surface area contributed by atoms with E-state index in [0.29, 0.717) is 5.04 Å². The quantitative estimate of drug-likeness (QED) is 0.375. The van der Waals surface area contributed by atoms with Crippen LogP contribution < -0.4 is 11.1 Å². The Bertz CT molecular complexity index is 351. The average Bonchev–Trinajstić information content (AvgIpc) is 2.23. The smallest absolute Gasteiger partial charge is 0.326 e. The standard InChI is InChI=1S/C16H34N3Si/c1-12(2)11-20(15(3,4)5)16(6,7)9-13(10-19-8)14(17)18/h10,12,19H,9,11H2,1-8H3,(H3,17,18)/q+1/b13-10-. The summed E-state index contributed by atoms with van der Waals surface area (Å²) >= 11 is 0. The number of amidine groups is 1. The van der Waals surface area contributed by atoms with E-state index in [1.807, 2.05) is 13.2 Å². The van der Waals surface area contributed by atoms with E-state index in [4.69, 9.17) is 11.1 Å². The fourth-order valence-electron chi connectivity index (χ4n) is 2.99. The number of hydrogen-bond donors (Lipinski definition) is 3. The molecule has 4 N–H and O–H groups in total. The lowest BCUT2D eigenvalue weighted by Crippen LogP contribution is -2.39. The highest BCUT2D eigenvalue weighted by Gasteiger charge is 2.53. The molecular formula is C16H34N3Si+. The Hall–Kier alpha value is -0.773. The Kier molecular flexibility index (Phi) is 7.01. The van der Waals surface area contributed by atoms with Gasteiger partial charge in [0.1, 0.15) is 5.84 Å². The Morgan fingerprint density at radius 3 is 2.05 bits per heavy atom. The van der Waals surface area contributed by atoms with Crippen molar-refractivity contribution < 1.29 is 0 Å². The molecule has 0 aliphatic rings. The number of nitrogens with one attached hydrogen (secondary N) is 2. The lowest BCUT2D eigenvalue weighted by Gasteiger charge is -2.31. The maximum atomic E-state index is 7.75. The van der Waals surface area contributed by atoms with Crippen LogP contribution in [0.1, 0.15) is 54.9 Å². The molecule has 0 bridgehead atoms. The minimum Gasteiger partial charge on any atom is -0.394 e. The van der Waals surface area contributed by atoms with Crippen LogP contribution in [-0.4, -0.2) is 21.7 Å². The molecule has 0 spiro atoms. The fourth-order valence-corrected chi connectivity index (χ4v) is 7.40. The summed E-state index contributed by atoms with van der Waals surface area (Å²) in [6, 6.07) is 1.30. The summed E-state index contributed by atoms with van der Waals surface area (Å²) in [6.07, 6.45) is 2.75. The van der Waals surface area contributed by atoms with Crippen LogP contribution in [0.4, 0.5) is 0 Å². The minimum atomic E-state index is -0.603. The summed E-state index contributed by atoms with van der Waals surface area (Å²) in [5.41, 5.74) is 6.65. The van der Waals surface area contributed by atoms with E-state index in [1.54, 1.807) is 0 Å². The molecule has 0 saturated heterocycles. The zero-order valence-electron chi connectivity index (χ0n) is 14.6. The zero-order valence-corrected chi connectivity index (χ0v) is 15.6. The highest BCUT2D eigenvalue weighted by atomic mass is 28.3. The van der Waals surface area contributed by atoms with Crippen LogP contribution in [0.25, 0.3) is 0 Å². The minimum absolute atomic E-state index is 0.187. The van der Waals surface area contributed by atoms with Crippen LogP contribution in [0.3, 0.4) is 0 Å². The molecule has 0 aromatic carbocycles. The van der Waals surface area contributed by atoms with Gasteiger partial charge in [-0.05, 0) is 40.5 Å². The molecule has 3 nitrogen and oxygen atoms in total. The molecular weight excluding hydrogens is 262 g/mol. The molecule has 0 aromatic heterocycles. The van der Waals surface area contributed by atoms with Gasteiger partial charge in [0.2, 0.25) is 0 Å². The summed E-state index contributed by atoms with van der Waals surface area (Å²) in [5, 5.41) is 11.3. The second-order valence-corrected chi connectivity index (χ2v) is 12.0. The molecule has 20 heavy (non-hydrogen) atoms. The van der Waals surface area contributed by atoms with Gasteiger partial charge >= 0.3 is 8.80 Å². The lowest BCUT2D eigenvalue weighted by atomic mass is 10.0. The van der Waals surface area contributed by atoms with Gasteiger partial charge in [0.25, 0.3) is 0 Å². The van der Waals surface area contributed by atoms with Gasteiger partial charge in [-0.3, -0.25) is 5.41 Å². The summed E-state index contributed by atoms with van der Waals surface area (Å²) in [5.74, 6) is 0.906. The van der Waals surface area contributed by atoms with E-state index in [0.717, 1.165) is 17.9 Å². The van der Waals surface area contributed by atoms with E-state index in [1.165, 1.54) is 6.04 Å². The third kappa shape index (κ3) is 6.12. The number of nitrogens with two attached hydrogens (primary N) is 1. The Balaban J connectivity index is 5.31. The Morgan fingerprint density at radius 2 is 1.75 bits per heavy atom. The molecule has 0 atom stereocenters. The van der Waals surface area contributed by atoms with Crippen molar-refractivity contribution in [2.45, 2.75) is 71.0 Å². The van der Waals surface area contributed by atoms with Crippen molar-refractivity contribution in [3.05, 3.63) is 11.8 Å². The third-order valence-corrected chi connectivity index (χ3v) is 8.48.